The van der Waals surface area contributed by atoms with Gasteiger partial charge in [0.2, 0.25) is 0 Å². The van der Waals surface area contributed by atoms with Crippen molar-refractivity contribution in [2.75, 3.05) is 19.0 Å². The van der Waals surface area contributed by atoms with Crippen molar-refractivity contribution in [1.82, 2.24) is 0 Å². The Hall–Kier alpha value is -2.89. The van der Waals surface area contributed by atoms with Gasteiger partial charge in [0.15, 0.2) is 18.2 Å². The third-order valence-electron chi connectivity index (χ3n) is 3.43. The molecule has 0 spiro atoms. The van der Waals surface area contributed by atoms with E-state index in [2.05, 4.69) is 5.32 Å². The first kappa shape index (κ1) is 18.4. The average Bonchev–Trinajstić information content (AvgIpc) is 2.52. The molecule has 0 atom stereocenters. The Balaban J connectivity index is 1.84. The van der Waals surface area contributed by atoms with Gasteiger partial charge in [-0.25, -0.2) is 4.39 Å². The van der Waals surface area contributed by atoms with Crippen molar-refractivity contribution in [3.05, 3.63) is 58.9 Å². The number of carbonyl (C=O) groups excluding carboxylic acids is 2. The number of ether oxygens (including phenoxy) is 2. The molecule has 1 N–H and O–H groups in total. The normalized spacial score (nSPS) is 10.2. The van der Waals surface area contributed by atoms with Crippen LogP contribution in [0.5, 0.6) is 5.75 Å². The molecular formula is C19H20FNO4. The summed E-state index contributed by atoms with van der Waals surface area (Å²) in [6.07, 6.45) is -0.127. The van der Waals surface area contributed by atoms with Crippen molar-refractivity contribution < 1.29 is 23.5 Å². The molecule has 1 amide bonds. The van der Waals surface area contributed by atoms with E-state index < -0.39 is 24.3 Å². The van der Waals surface area contributed by atoms with Crippen molar-refractivity contribution >= 4 is 17.6 Å². The van der Waals surface area contributed by atoms with E-state index in [0.717, 1.165) is 11.1 Å². The second kappa shape index (κ2) is 8.28. The molecule has 25 heavy (non-hydrogen) atoms. The zero-order valence-corrected chi connectivity index (χ0v) is 14.4. The second-order valence-corrected chi connectivity index (χ2v) is 5.73. The van der Waals surface area contributed by atoms with Gasteiger partial charge in [-0.3, -0.25) is 9.59 Å². The standard InChI is InChI=1S/C19H20FNO4/c1-12-6-13(2)8-15(7-12)21-18(22)11-25-19(23)10-14-4-5-17(24-3)16(20)9-14/h4-9H,10-11H2,1-3H3,(H,21,22). The molecule has 2 aromatic rings. The Bertz CT molecular complexity index is 769. The number of aryl methyl sites for hydroxylation is 2. The van der Waals surface area contributed by atoms with Crippen LogP contribution in [0.2, 0.25) is 0 Å². The maximum absolute atomic E-state index is 13.6. The highest BCUT2D eigenvalue weighted by Crippen LogP contribution is 2.18. The van der Waals surface area contributed by atoms with Crippen LogP contribution in [0, 0.1) is 19.7 Å². The highest BCUT2D eigenvalue weighted by molar-refractivity contribution is 5.93. The molecule has 0 heterocycles. The molecule has 0 bridgehead atoms. The predicted molar refractivity (Wildman–Crippen MR) is 92.2 cm³/mol. The van der Waals surface area contributed by atoms with Crippen LogP contribution in [0.4, 0.5) is 10.1 Å². The third kappa shape index (κ3) is 5.60. The highest BCUT2D eigenvalue weighted by Gasteiger charge is 2.11. The van der Waals surface area contributed by atoms with E-state index in [1.54, 1.807) is 6.07 Å². The number of halogens is 1. The Morgan fingerprint density at radius 1 is 1.08 bits per heavy atom. The van der Waals surface area contributed by atoms with Crippen LogP contribution >= 0.6 is 0 Å². The first-order chi connectivity index (χ1) is 11.9. The number of benzene rings is 2. The van der Waals surface area contributed by atoms with Crippen LogP contribution in [0.1, 0.15) is 16.7 Å². The molecule has 2 aromatic carbocycles. The second-order valence-electron chi connectivity index (χ2n) is 5.73. The number of methoxy groups -OCH3 is 1. The SMILES string of the molecule is COc1ccc(CC(=O)OCC(=O)Nc2cc(C)cc(C)c2)cc1F. The number of rotatable bonds is 6. The number of hydrogen-bond donors (Lipinski definition) is 1. The summed E-state index contributed by atoms with van der Waals surface area (Å²) >= 11 is 0. The summed E-state index contributed by atoms with van der Waals surface area (Å²) in [5.41, 5.74) is 3.14. The van der Waals surface area contributed by atoms with Crippen LogP contribution in [0.25, 0.3) is 0 Å². The van der Waals surface area contributed by atoms with E-state index in [1.807, 2.05) is 32.0 Å². The monoisotopic (exact) mass is 345 g/mol. The molecule has 0 aliphatic carbocycles. The Morgan fingerprint density at radius 3 is 2.36 bits per heavy atom. The van der Waals surface area contributed by atoms with E-state index in [9.17, 15) is 14.0 Å². The third-order valence-corrected chi connectivity index (χ3v) is 3.43. The molecule has 0 radical (unpaired) electrons. The summed E-state index contributed by atoms with van der Waals surface area (Å²) in [7, 11) is 1.36. The number of nitrogens with one attached hydrogen (secondary N) is 1. The topological polar surface area (TPSA) is 64.6 Å². The summed E-state index contributed by atoms with van der Waals surface area (Å²) in [4.78, 5) is 23.7. The fourth-order valence-corrected chi connectivity index (χ4v) is 2.43. The van der Waals surface area contributed by atoms with Crippen molar-refractivity contribution in [1.29, 1.82) is 0 Å². The van der Waals surface area contributed by atoms with E-state index in [-0.39, 0.29) is 12.2 Å². The van der Waals surface area contributed by atoms with Crippen LogP contribution < -0.4 is 10.1 Å². The van der Waals surface area contributed by atoms with Gasteiger partial charge in [-0.15, -0.1) is 0 Å². The van der Waals surface area contributed by atoms with Crippen LogP contribution in [-0.4, -0.2) is 25.6 Å². The zero-order chi connectivity index (χ0) is 18.4. The summed E-state index contributed by atoms with van der Waals surface area (Å²) < 4.78 is 23.3. The van der Waals surface area contributed by atoms with Gasteiger partial charge in [-0.1, -0.05) is 12.1 Å². The van der Waals surface area contributed by atoms with E-state index in [0.29, 0.717) is 11.3 Å². The molecule has 5 nitrogen and oxygen atoms in total. The van der Waals surface area contributed by atoms with Gasteiger partial charge in [-0.2, -0.15) is 0 Å². The summed E-state index contributed by atoms with van der Waals surface area (Å²) in [5, 5.41) is 2.67. The van der Waals surface area contributed by atoms with Crippen molar-refractivity contribution in [2.24, 2.45) is 0 Å². The van der Waals surface area contributed by atoms with Gasteiger partial charge in [-0.05, 0) is 54.8 Å². The van der Waals surface area contributed by atoms with Crippen molar-refractivity contribution in [2.45, 2.75) is 20.3 Å². The van der Waals surface area contributed by atoms with Crippen LogP contribution in [0.15, 0.2) is 36.4 Å². The molecule has 0 unspecified atom stereocenters. The number of esters is 1. The van der Waals surface area contributed by atoms with E-state index in [1.165, 1.54) is 19.2 Å². The summed E-state index contributed by atoms with van der Waals surface area (Å²) in [6.45, 7) is 3.46. The summed E-state index contributed by atoms with van der Waals surface area (Å²) in [5.74, 6) is -1.50. The van der Waals surface area contributed by atoms with Gasteiger partial charge >= 0.3 is 5.97 Å². The molecule has 0 saturated carbocycles. The van der Waals surface area contributed by atoms with Gasteiger partial charge < -0.3 is 14.8 Å². The Morgan fingerprint density at radius 2 is 1.76 bits per heavy atom. The Labute approximate surface area is 145 Å². The average molecular weight is 345 g/mol. The lowest BCUT2D eigenvalue weighted by Gasteiger charge is -2.09. The molecule has 0 aliphatic heterocycles. The van der Waals surface area contributed by atoms with Crippen LogP contribution in [-0.2, 0) is 20.7 Å². The lowest BCUT2D eigenvalue weighted by atomic mass is 10.1. The zero-order valence-electron chi connectivity index (χ0n) is 14.4. The molecule has 132 valence electrons. The predicted octanol–water partition coefficient (Wildman–Crippen LogP) is 3.18. The summed E-state index contributed by atoms with van der Waals surface area (Å²) in [6, 6.07) is 9.85. The molecule has 0 aliphatic rings. The fraction of sp³-hybridized carbons (Fsp3) is 0.263. The number of amides is 1. The van der Waals surface area contributed by atoms with Crippen molar-refractivity contribution in [3.63, 3.8) is 0 Å². The quantitative estimate of drug-likeness (QED) is 0.817. The van der Waals surface area contributed by atoms with Gasteiger partial charge in [0.1, 0.15) is 0 Å². The minimum absolute atomic E-state index is 0.102. The largest absolute Gasteiger partial charge is 0.494 e. The van der Waals surface area contributed by atoms with Crippen molar-refractivity contribution in [3.8, 4) is 5.75 Å². The molecule has 0 saturated heterocycles. The first-order valence-corrected chi connectivity index (χ1v) is 7.73. The number of carbonyl (C=O) groups is 2. The minimum atomic E-state index is -0.611. The molecule has 6 heteroatoms. The Kier molecular flexibility index (Phi) is 6.11. The maximum atomic E-state index is 13.6. The smallest absolute Gasteiger partial charge is 0.310 e. The molecule has 2 rings (SSSR count). The van der Waals surface area contributed by atoms with Gasteiger partial charge in [0.05, 0.1) is 13.5 Å². The minimum Gasteiger partial charge on any atom is -0.494 e. The number of anilines is 1. The molecule has 0 aromatic heterocycles. The maximum Gasteiger partial charge on any atom is 0.310 e. The van der Waals surface area contributed by atoms with E-state index >= 15 is 0 Å². The molecule has 0 fully saturated rings. The van der Waals surface area contributed by atoms with Gasteiger partial charge in [0, 0.05) is 5.69 Å². The van der Waals surface area contributed by atoms with Crippen LogP contribution in [0.3, 0.4) is 0 Å². The lowest BCUT2D eigenvalue weighted by molar-refractivity contribution is -0.146. The lowest BCUT2D eigenvalue weighted by Crippen LogP contribution is -2.21. The highest BCUT2D eigenvalue weighted by atomic mass is 19.1. The molecular weight excluding hydrogens is 325 g/mol. The van der Waals surface area contributed by atoms with E-state index in [4.69, 9.17) is 9.47 Å². The van der Waals surface area contributed by atoms with Gasteiger partial charge in [0.25, 0.3) is 5.91 Å². The number of hydrogen-bond acceptors (Lipinski definition) is 4. The first-order valence-electron chi connectivity index (χ1n) is 7.73. The fourth-order valence-electron chi connectivity index (χ4n) is 2.43.